The van der Waals surface area contributed by atoms with E-state index in [-0.39, 0.29) is 5.92 Å². The minimum atomic E-state index is -5.00. The number of esters is 2. The molecule has 136 valence electrons. The third kappa shape index (κ3) is 6.24. The summed E-state index contributed by atoms with van der Waals surface area (Å²) in [6.45, 7) is 0.480. The van der Waals surface area contributed by atoms with Gasteiger partial charge in [-0.25, -0.2) is 0 Å². The zero-order valence-electron chi connectivity index (χ0n) is 12.7. The molecule has 0 bridgehead atoms. The lowest BCUT2D eigenvalue weighted by molar-refractivity contribution is -0.164. The Bertz CT molecular complexity index is 593. The van der Waals surface area contributed by atoms with E-state index in [1.54, 1.807) is 0 Å². The molecule has 1 amide bonds. The summed E-state index contributed by atoms with van der Waals surface area (Å²) in [5.74, 6) is -4.60. The fourth-order valence-corrected chi connectivity index (χ4v) is 3.18. The van der Waals surface area contributed by atoms with E-state index >= 15 is 0 Å². The van der Waals surface area contributed by atoms with Crippen LogP contribution in [-0.4, -0.2) is 54.2 Å². The number of hydrogen-bond donors (Lipinski definition) is 3. The van der Waals surface area contributed by atoms with E-state index in [1.165, 1.54) is 0 Å². The van der Waals surface area contributed by atoms with Gasteiger partial charge >= 0.3 is 17.9 Å². The van der Waals surface area contributed by atoms with Crippen molar-refractivity contribution in [2.45, 2.75) is 37.4 Å². The van der Waals surface area contributed by atoms with E-state index < -0.39 is 45.6 Å². The molecule has 0 aromatic carbocycles. The highest BCUT2D eigenvalue weighted by atomic mass is 32.2. The molecule has 1 atom stereocenters. The van der Waals surface area contributed by atoms with Crippen molar-refractivity contribution in [2.24, 2.45) is 11.8 Å². The number of rotatable bonds is 8. The predicted molar refractivity (Wildman–Crippen MR) is 78.2 cm³/mol. The van der Waals surface area contributed by atoms with Crippen molar-refractivity contribution in [3.63, 3.8) is 0 Å². The van der Waals surface area contributed by atoms with Gasteiger partial charge in [-0.2, -0.15) is 8.42 Å². The summed E-state index contributed by atoms with van der Waals surface area (Å²) in [5.41, 5.74) is 0. The Balaban J connectivity index is 2.59. The normalized spacial score (nSPS) is 22.2. The lowest BCUT2D eigenvalue weighted by Crippen LogP contribution is -2.37. The number of ether oxygens (including phenoxy) is 1. The quantitative estimate of drug-likeness (QED) is 0.219. The van der Waals surface area contributed by atoms with Gasteiger partial charge < -0.3 is 15.2 Å². The zero-order valence-corrected chi connectivity index (χ0v) is 13.5. The van der Waals surface area contributed by atoms with Crippen LogP contribution in [0.1, 0.15) is 32.1 Å². The number of amides is 1. The summed E-state index contributed by atoms with van der Waals surface area (Å²) in [4.78, 5) is 44.4. The van der Waals surface area contributed by atoms with Crippen LogP contribution in [0.15, 0.2) is 0 Å². The molecule has 0 aliphatic heterocycles. The van der Waals surface area contributed by atoms with Crippen LogP contribution in [0.3, 0.4) is 0 Å². The Morgan fingerprint density at radius 3 is 2.25 bits per heavy atom. The first kappa shape index (κ1) is 20.0. The largest absolute Gasteiger partial charge is 0.481 e. The molecular formula is C13H19NO9S. The second-order valence-corrected chi connectivity index (χ2v) is 7.18. The van der Waals surface area contributed by atoms with E-state index in [9.17, 15) is 27.6 Å². The summed E-state index contributed by atoms with van der Waals surface area (Å²) in [6.07, 6.45) is 1.41. The molecule has 24 heavy (non-hydrogen) atoms. The van der Waals surface area contributed by atoms with E-state index in [0.29, 0.717) is 38.6 Å². The van der Waals surface area contributed by atoms with Crippen molar-refractivity contribution < 1.29 is 42.0 Å². The smallest absolute Gasteiger partial charge is 0.335 e. The van der Waals surface area contributed by atoms with Gasteiger partial charge in [-0.15, -0.1) is 0 Å². The Kier molecular flexibility index (Phi) is 7.29. The molecule has 0 spiro atoms. The molecule has 3 N–H and O–H groups in total. The third-order valence-corrected chi connectivity index (χ3v) is 4.93. The van der Waals surface area contributed by atoms with Gasteiger partial charge in [0.25, 0.3) is 10.1 Å². The van der Waals surface area contributed by atoms with Gasteiger partial charge in [-0.1, -0.05) is 0 Å². The van der Waals surface area contributed by atoms with E-state index in [0.717, 1.165) is 0 Å². The molecule has 1 aliphatic carbocycles. The van der Waals surface area contributed by atoms with Crippen molar-refractivity contribution in [1.29, 1.82) is 0 Å². The molecule has 1 unspecified atom stereocenters. The minimum Gasteiger partial charge on any atom is -0.481 e. The summed E-state index contributed by atoms with van der Waals surface area (Å²) in [6, 6.07) is 0. The van der Waals surface area contributed by atoms with Crippen molar-refractivity contribution in [3.8, 4) is 0 Å². The highest BCUT2D eigenvalue weighted by molar-refractivity contribution is 7.87. The fraction of sp³-hybridized carbons (Fsp3) is 0.692. The number of carboxylic acids is 1. The Labute approximate surface area is 138 Å². The molecule has 1 saturated carbocycles. The number of carbonyl (C=O) groups excluding carboxylic acids is 3. The van der Waals surface area contributed by atoms with Gasteiger partial charge in [0.2, 0.25) is 6.41 Å². The minimum absolute atomic E-state index is 0.201. The Hall–Kier alpha value is -2.01. The van der Waals surface area contributed by atoms with Crippen LogP contribution in [0, 0.1) is 11.8 Å². The average molecular weight is 365 g/mol. The SMILES string of the molecule is O=CNCC1CCC(C(=O)OC(=O)C(CC(=O)O)S(=O)(=O)O)CC1. The molecule has 1 rings (SSSR count). The van der Waals surface area contributed by atoms with Gasteiger partial charge in [0.15, 0.2) is 5.25 Å². The number of carbonyl (C=O) groups is 4. The summed E-state index contributed by atoms with van der Waals surface area (Å²) in [7, 11) is -5.00. The van der Waals surface area contributed by atoms with Crippen LogP contribution in [0.4, 0.5) is 0 Å². The second kappa shape index (κ2) is 8.73. The van der Waals surface area contributed by atoms with E-state index in [4.69, 9.17) is 9.66 Å². The molecule has 0 aromatic rings. The molecule has 11 heteroatoms. The van der Waals surface area contributed by atoms with Gasteiger partial charge in [-0.05, 0) is 31.6 Å². The summed E-state index contributed by atoms with van der Waals surface area (Å²) in [5, 5.41) is 8.78. The van der Waals surface area contributed by atoms with Crippen LogP contribution in [0.5, 0.6) is 0 Å². The number of carboxylic acid groups (broad SMARTS) is 1. The molecule has 0 saturated heterocycles. The number of hydrogen-bond acceptors (Lipinski definition) is 7. The van der Waals surface area contributed by atoms with Crippen molar-refractivity contribution >= 4 is 34.4 Å². The van der Waals surface area contributed by atoms with Gasteiger partial charge in [0, 0.05) is 6.54 Å². The lowest BCUT2D eigenvalue weighted by Gasteiger charge is -2.26. The zero-order chi connectivity index (χ0) is 18.3. The van der Waals surface area contributed by atoms with E-state index in [2.05, 4.69) is 10.1 Å². The number of aliphatic carboxylic acids is 1. The standard InChI is InChI=1S/C13H19NO9S/c15-7-14-6-8-1-3-9(4-2-8)12(18)23-13(19)10(5-11(16)17)24(20,21)22/h7-10H,1-6H2,(H,14,15)(H,16,17)(H,20,21,22). The topological polar surface area (TPSA) is 164 Å². The van der Waals surface area contributed by atoms with Crippen LogP contribution >= 0.6 is 0 Å². The van der Waals surface area contributed by atoms with Gasteiger partial charge in [0.1, 0.15) is 0 Å². The maximum atomic E-state index is 11.9. The molecule has 1 fully saturated rings. The predicted octanol–water partition coefficient (Wildman–Crippen LogP) is -0.660. The monoisotopic (exact) mass is 365 g/mol. The summed E-state index contributed by atoms with van der Waals surface area (Å²) < 4.78 is 35.5. The van der Waals surface area contributed by atoms with Crippen molar-refractivity contribution in [2.75, 3.05) is 6.54 Å². The first-order valence-corrected chi connectivity index (χ1v) is 8.76. The first-order valence-electron chi connectivity index (χ1n) is 7.25. The molecule has 0 radical (unpaired) electrons. The van der Waals surface area contributed by atoms with Crippen molar-refractivity contribution in [1.82, 2.24) is 5.32 Å². The highest BCUT2D eigenvalue weighted by Crippen LogP contribution is 2.29. The fourth-order valence-electron chi connectivity index (χ4n) is 2.53. The highest BCUT2D eigenvalue weighted by Gasteiger charge is 2.38. The van der Waals surface area contributed by atoms with Gasteiger partial charge in [0.05, 0.1) is 12.3 Å². The second-order valence-electron chi connectivity index (χ2n) is 5.59. The van der Waals surface area contributed by atoms with Gasteiger partial charge in [-0.3, -0.25) is 23.7 Å². The Morgan fingerprint density at radius 2 is 1.79 bits per heavy atom. The Morgan fingerprint density at radius 1 is 1.21 bits per heavy atom. The molecule has 1 aliphatic rings. The number of nitrogens with one attached hydrogen (secondary N) is 1. The molecule has 10 nitrogen and oxygen atoms in total. The maximum absolute atomic E-state index is 11.9. The van der Waals surface area contributed by atoms with Crippen LogP contribution in [0.25, 0.3) is 0 Å². The molecule has 0 heterocycles. The van der Waals surface area contributed by atoms with Crippen LogP contribution in [0.2, 0.25) is 0 Å². The van der Waals surface area contributed by atoms with Crippen molar-refractivity contribution in [3.05, 3.63) is 0 Å². The first-order chi connectivity index (χ1) is 11.1. The molecule has 0 aromatic heterocycles. The van der Waals surface area contributed by atoms with E-state index in [1.807, 2.05) is 0 Å². The maximum Gasteiger partial charge on any atom is 0.335 e. The lowest BCUT2D eigenvalue weighted by atomic mass is 9.82. The molecular weight excluding hydrogens is 346 g/mol. The third-order valence-electron chi connectivity index (χ3n) is 3.85. The van der Waals surface area contributed by atoms with Crippen LogP contribution in [-0.2, 0) is 34.0 Å². The van der Waals surface area contributed by atoms with Crippen LogP contribution < -0.4 is 5.32 Å². The average Bonchev–Trinajstić information content (AvgIpc) is 2.49. The summed E-state index contributed by atoms with van der Waals surface area (Å²) >= 11 is 0.